The Morgan fingerprint density at radius 1 is 0.514 bits per heavy atom. The van der Waals surface area contributed by atoms with Crippen LogP contribution in [0, 0.1) is 0 Å². The molecule has 3 aliphatic heterocycles. The molecule has 3 fully saturated rings. The van der Waals surface area contributed by atoms with Gasteiger partial charge >= 0.3 is 0 Å². The Kier molecular flexibility index (Phi) is 11.3. The molecule has 0 bridgehead atoms. The fraction of sp³-hybridized carbons (Fsp3) is 1.00. The van der Waals surface area contributed by atoms with E-state index < -0.39 is 112 Å². The minimum absolute atomic E-state index is 0.0111. The number of rotatable bonds is 10. The van der Waals surface area contributed by atoms with E-state index in [9.17, 15) is 51.1 Å². The Balaban J connectivity index is 1.70. The zero-order valence-corrected chi connectivity index (χ0v) is 19.7. The molecule has 0 aromatic heterocycles. The van der Waals surface area contributed by atoms with Gasteiger partial charge in [0.25, 0.3) is 0 Å². The number of aliphatic hydroxyl groups is 10. The third-order valence-electron chi connectivity index (χ3n) is 6.47. The van der Waals surface area contributed by atoms with Gasteiger partial charge in [0.15, 0.2) is 18.9 Å². The van der Waals surface area contributed by atoms with Crippen LogP contribution in [0.2, 0.25) is 0 Å². The number of hydrogen-bond acceptors (Lipinski definition) is 17. The molecule has 3 aliphatic rings. The van der Waals surface area contributed by atoms with Gasteiger partial charge in [0, 0.05) is 6.54 Å². The van der Waals surface area contributed by atoms with E-state index in [1.54, 1.807) is 0 Å². The highest BCUT2D eigenvalue weighted by Crippen LogP contribution is 2.32. The molecule has 218 valence electrons. The van der Waals surface area contributed by atoms with Crippen LogP contribution in [0.25, 0.3) is 0 Å². The summed E-state index contributed by atoms with van der Waals surface area (Å²) in [6, 6.07) is 0. The van der Waals surface area contributed by atoms with Crippen molar-refractivity contribution in [2.24, 2.45) is 5.73 Å². The molecule has 3 saturated heterocycles. The summed E-state index contributed by atoms with van der Waals surface area (Å²) >= 11 is 0. The molecule has 0 aliphatic carbocycles. The molecule has 17 nitrogen and oxygen atoms in total. The molecular weight excluding hydrogens is 510 g/mol. The fourth-order valence-electron chi connectivity index (χ4n) is 4.37. The van der Waals surface area contributed by atoms with Crippen LogP contribution in [0.4, 0.5) is 0 Å². The van der Waals surface area contributed by atoms with Gasteiger partial charge in [-0.1, -0.05) is 0 Å². The maximum Gasteiger partial charge on any atom is 0.187 e. The highest BCUT2D eigenvalue weighted by atomic mass is 16.8. The van der Waals surface area contributed by atoms with Gasteiger partial charge in [-0.2, -0.15) is 0 Å². The number of aliphatic hydroxyl groups excluding tert-OH is 10. The van der Waals surface area contributed by atoms with Crippen LogP contribution in [-0.4, -0.2) is 176 Å². The Morgan fingerprint density at radius 3 is 1.38 bits per heavy atom. The first-order chi connectivity index (χ1) is 17.6. The monoisotopic (exact) mass is 547 g/mol. The second-order valence-corrected chi connectivity index (χ2v) is 8.97. The molecule has 15 atom stereocenters. The summed E-state index contributed by atoms with van der Waals surface area (Å²) in [6.45, 7) is -2.16. The lowest BCUT2D eigenvalue weighted by atomic mass is 9.96. The van der Waals surface area contributed by atoms with Crippen LogP contribution in [0.5, 0.6) is 0 Å². The van der Waals surface area contributed by atoms with Gasteiger partial charge in [-0.05, 0) is 0 Å². The molecule has 0 amide bonds. The summed E-state index contributed by atoms with van der Waals surface area (Å²) in [5.74, 6) is 0. The van der Waals surface area contributed by atoms with Crippen LogP contribution in [0.15, 0.2) is 0 Å². The molecule has 3 heterocycles. The van der Waals surface area contributed by atoms with Crippen LogP contribution >= 0.6 is 0 Å². The second kappa shape index (κ2) is 13.6. The number of nitrogens with two attached hydrogens (primary N) is 1. The van der Waals surface area contributed by atoms with Crippen molar-refractivity contribution in [3.63, 3.8) is 0 Å². The highest BCUT2D eigenvalue weighted by Gasteiger charge is 2.53. The van der Waals surface area contributed by atoms with E-state index in [1.807, 2.05) is 0 Å². The molecule has 37 heavy (non-hydrogen) atoms. The summed E-state index contributed by atoms with van der Waals surface area (Å²) in [6.07, 6.45) is -24.2. The molecule has 3 rings (SSSR count). The molecule has 15 unspecified atom stereocenters. The number of hydrogen-bond donors (Lipinski definition) is 11. The average molecular weight is 548 g/mol. The SMILES string of the molecule is NCCOC1OC(CO)C(OC2OC(CO)C(OC3OC(CO)C(O)C(O)C3O)C(O)C2O)C(O)C1O. The summed E-state index contributed by atoms with van der Waals surface area (Å²) in [5, 5.41) is 101. The first kappa shape index (κ1) is 30.9. The maximum absolute atomic E-state index is 10.7. The molecule has 0 radical (unpaired) electrons. The normalized spacial score (nSPS) is 49.2. The Labute approximate surface area is 211 Å². The van der Waals surface area contributed by atoms with Gasteiger partial charge in [-0.15, -0.1) is 0 Å². The van der Waals surface area contributed by atoms with E-state index in [1.165, 1.54) is 0 Å². The van der Waals surface area contributed by atoms with E-state index in [0.29, 0.717) is 0 Å². The Morgan fingerprint density at radius 2 is 0.919 bits per heavy atom. The van der Waals surface area contributed by atoms with Crippen LogP contribution in [0.3, 0.4) is 0 Å². The van der Waals surface area contributed by atoms with Crippen LogP contribution < -0.4 is 5.73 Å². The first-order valence-corrected chi connectivity index (χ1v) is 11.8. The minimum atomic E-state index is -1.90. The highest BCUT2D eigenvalue weighted by molar-refractivity contribution is 4.96. The van der Waals surface area contributed by atoms with Crippen LogP contribution in [-0.2, 0) is 28.4 Å². The quantitative estimate of drug-likeness (QED) is 0.121. The molecule has 17 heteroatoms. The predicted molar refractivity (Wildman–Crippen MR) is 114 cm³/mol. The van der Waals surface area contributed by atoms with Gasteiger partial charge in [0.2, 0.25) is 0 Å². The standard InChI is InChI=1S/C20H37NO16/c21-1-2-32-18-14(30)11(27)16(7(4-23)34-18)37-20-15(31)12(28)17(8(5-24)35-20)36-19-13(29)10(26)9(25)6(3-22)33-19/h6-20,22-31H,1-5,21H2. The van der Waals surface area contributed by atoms with E-state index >= 15 is 0 Å². The smallest absolute Gasteiger partial charge is 0.187 e. The van der Waals surface area contributed by atoms with Crippen molar-refractivity contribution in [1.82, 2.24) is 0 Å². The lowest BCUT2D eigenvalue weighted by Gasteiger charge is -2.48. The number of ether oxygens (including phenoxy) is 6. The molecule has 0 aromatic rings. The van der Waals surface area contributed by atoms with Crippen molar-refractivity contribution in [2.45, 2.75) is 92.1 Å². The van der Waals surface area contributed by atoms with E-state index in [-0.39, 0.29) is 13.2 Å². The Hall–Kier alpha value is -0.680. The predicted octanol–water partition coefficient (Wildman–Crippen LogP) is -7.59. The summed E-state index contributed by atoms with van der Waals surface area (Å²) in [7, 11) is 0. The minimum Gasteiger partial charge on any atom is -0.394 e. The topological polar surface area (TPSA) is 284 Å². The van der Waals surface area contributed by atoms with Gasteiger partial charge in [0.1, 0.15) is 73.2 Å². The molecule has 0 spiro atoms. The molecular formula is C20H37NO16. The lowest BCUT2D eigenvalue weighted by molar-refractivity contribution is -0.379. The summed E-state index contributed by atoms with van der Waals surface area (Å²) in [4.78, 5) is 0. The van der Waals surface area contributed by atoms with Gasteiger partial charge < -0.3 is 85.2 Å². The zero-order valence-electron chi connectivity index (χ0n) is 19.7. The first-order valence-electron chi connectivity index (χ1n) is 11.8. The molecule has 12 N–H and O–H groups in total. The maximum atomic E-state index is 10.7. The molecule has 0 aromatic carbocycles. The lowest BCUT2D eigenvalue weighted by Crippen LogP contribution is -2.66. The van der Waals surface area contributed by atoms with Gasteiger partial charge in [-0.3, -0.25) is 0 Å². The van der Waals surface area contributed by atoms with E-state index in [0.717, 1.165) is 0 Å². The average Bonchev–Trinajstić information content (AvgIpc) is 2.90. The fourth-order valence-corrected chi connectivity index (χ4v) is 4.37. The second-order valence-electron chi connectivity index (χ2n) is 8.97. The van der Waals surface area contributed by atoms with Crippen LogP contribution in [0.1, 0.15) is 0 Å². The van der Waals surface area contributed by atoms with Gasteiger partial charge in [-0.25, -0.2) is 0 Å². The van der Waals surface area contributed by atoms with Crippen molar-refractivity contribution in [2.75, 3.05) is 33.0 Å². The Bertz CT molecular complexity index is 687. The van der Waals surface area contributed by atoms with Crippen molar-refractivity contribution in [3.05, 3.63) is 0 Å². The molecule has 0 saturated carbocycles. The third kappa shape index (κ3) is 6.56. The van der Waals surface area contributed by atoms with E-state index in [4.69, 9.17) is 34.2 Å². The zero-order chi connectivity index (χ0) is 27.4. The van der Waals surface area contributed by atoms with Crippen molar-refractivity contribution in [1.29, 1.82) is 0 Å². The van der Waals surface area contributed by atoms with Crippen molar-refractivity contribution >= 4 is 0 Å². The largest absolute Gasteiger partial charge is 0.394 e. The van der Waals surface area contributed by atoms with Crippen molar-refractivity contribution in [3.8, 4) is 0 Å². The third-order valence-corrected chi connectivity index (χ3v) is 6.47. The van der Waals surface area contributed by atoms with Gasteiger partial charge in [0.05, 0.1) is 26.4 Å². The summed E-state index contributed by atoms with van der Waals surface area (Å²) < 4.78 is 32.4. The van der Waals surface area contributed by atoms with E-state index in [2.05, 4.69) is 0 Å². The van der Waals surface area contributed by atoms with Crippen molar-refractivity contribution < 1.29 is 79.5 Å². The summed E-state index contributed by atoms with van der Waals surface area (Å²) in [5.41, 5.74) is 5.35.